The smallest absolute Gasteiger partial charge is 0.357 e. The van der Waals surface area contributed by atoms with Crippen LogP contribution in [-0.4, -0.2) is 39.5 Å². The van der Waals surface area contributed by atoms with Crippen LogP contribution in [0.3, 0.4) is 0 Å². The summed E-state index contributed by atoms with van der Waals surface area (Å²) in [5.41, 5.74) is 0.671. The van der Waals surface area contributed by atoms with Gasteiger partial charge in [0.2, 0.25) is 0 Å². The summed E-state index contributed by atoms with van der Waals surface area (Å²) in [7, 11) is 0. The zero-order chi connectivity index (χ0) is 29.1. The second kappa shape index (κ2) is 11.9. The van der Waals surface area contributed by atoms with E-state index in [1.807, 2.05) is 0 Å². The van der Waals surface area contributed by atoms with E-state index in [4.69, 9.17) is 23.2 Å². The fraction of sp³-hybridized carbons (Fsp3) is 0.241. The highest BCUT2D eigenvalue weighted by Crippen LogP contribution is 2.36. The minimum absolute atomic E-state index is 0.0807. The number of hydrogen-bond donors (Lipinski definition) is 1. The van der Waals surface area contributed by atoms with Crippen molar-refractivity contribution in [1.29, 1.82) is 0 Å². The molecule has 2 aromatic heterocycles. The number of benzene rings is 2. The molecule has 1 N–H and O–H groups in total. The van der Waals surface area contributed by atoms with Crippen molar-refractivity contribution in [2.45, 2.75) is 31.3 Å². The fourth-order valence-electron chi connectivity index (χ4n) is 4.63. The molecule has 1 saturated heterocycles. The third-order valence-corrected chi connectivity index (χ3v) is 7.41. The van der Waals surface area contributed by atoms with Gasteiger partial charge in [-0.3, -0.25) is 9.59 Å². The summed E-state index contributed by atoms with van der Waals surface area (Å²) in [5, 5.41) is 6.45. The van der Waals surface area contributed by atoms with Crippen molar-refractivity contribution < 1.29 is 22.8 Å². The number of alkyl halides is 4. The molecule has 0 unspecified atom stereocenters. The summed E-state index contributed by atoms with van der Waals surface area (Å²) >= 11 is 11.7. The molecule has 212 valence electrons. The van der Waals surface area contributed by atoms with Crippen LogP contribution in [0.4, 0.5) is 24.7 Å². The lowest BCUT2D eigenvalue weighted by Crippen LogP contribution is -2.30. The third kappa shape index (κ3) is 6.39. The van der Waals surface area contributed by atoms with E-state index >= 15 is 0 Å². The Labute approximate surface area is 243 Å². The van der Waals surface area contributed by atoms with Crippen LogP contribution in [0.5, 0.6) is 0 Å². The van der Waals surface area contributed by atoms with E-state index in [2.05, 4.69) is 20.3 Å². The molecular weight excluding hydrogens is 578 g/mol. The van der Waals surface area contributed by atoms with Crippen LogP contribution in [0.15, 0.2) is 67.1 Å². The molecule has 41 heavy (non-hydrogen) atoms. The number of piperidine rings is 1. The maximum atomic E-state index is 13.8. The van der Waals surface area contributed by atoms with Gasteiger partial charge in [0.15, 0.2) is 5.78 Å². The Hall–Kier alpha value is -3.89. The van der Waals surface area contributed by atoms with Crippen LogP contribution in [0, 0.1) is 0 Å². The lowest BCUT2D eigenvalue weighted by atomic mass is 10.0. The Morgan fingerprint density at radius 1 is 0.976 bits per heavy atom. The predicted molar refractivity (Wildman–Crippen MR) is 151 cm³/mol. The van der Waals surface area contributed by atoms with Crippen molar-refractivity contribution in [3.8, 4) is 5.69 Å². The van der Waals surface area contributed by atoms with Crippen LogP contribution in [0.1, 0.15) is 56.7 Å². The Balaban J connectivity index is 1.49. The maximum Gasteiger partial charge on any atom is 0.417 e. The molecule has 1 fully saturated rings. The van der Waals surface area contributed by atoms with Crippen LogP contribution in [0.2, 0.25) is 5.02 Å². The van der Waals surface area contributed by atoms with Gasteiger partial charge >= 0.3 is 6.18 Å². The first-order valence-electron chi connectivity index (χ1n) is 12.8. The second-order valence-electron chi connectivity index (χ2n) is 9.59. The Morgan fingerprint density at radius 2 is 1.76 bits per heavy atom. The monoisotopic (exact) mass is 601 g/mol. The molecule has 0 atom stereocenters. The van der Waals surface area contributed by atoms with Gasteiger partial charge < -0.3 is 10.2 Å². The SMILES string of the molecule is O=C(Nc1cnc(N2CCCCC2)cc1C(=O)c1cnn(-c2ccc(Cl)c(C(F)(F)F)c2)c1)c1cccc(CCl)c1. The van der Waals surface area contributed by atoms with E-state index in [-0.39, 0.29) is 28.4 Å². The minimum Gasteiger partial charge on any atom is -0.357 e. The highest BCUT2D eigenvalue weighted by atomic mass is 35.5. The van der Waals surface area contributed by atoms with Crippen molar-refractivity contribution in [3.63, 3.8) is 0 Å². The van der Waals surface area contributed by atoms with Gasteiger partial charge in [0.25, 0.3) is 5.91 Å². The van der Waals surface area contributed by atoms with Gasteiger partial charge in [-0.2, -0.15) is 18.3 Å². The molecular formula is C29H24Cl2F3N5O2. The number of pyridine rings is 1. The average Bonchev–Trinajstić information content (AvgIpc) is 3.47. The number of amides is 1. The van der Waals surface area contributed by atoms with Crippen molar-refractivity contribution in [1.82, 2.24) is 14.8 Å². The van der Waals surface area contributed by atoms with Gasteiger partial charge in [-0.15, -0.1) is 11.6 Å². The lowest BCUT2D eigenvalue weighted by Gasteiger charge is -2.28. The van der Waals surface area contributed by atoms with Crippen LogP contribution < -0.4 is 10.2 Å². The Morgan fingerprint density at radius 3 is 2.49 bits per heavy atom. The number of aromatic nitrogens is 3. The van der Waals surface area contributed by atoms with Crippen molar-refractivity contribution in [2.24, 2.45) is 0 Å². The van der Waals surface area contributed by atoms with Gasteiger partial charge in [0, 0.05) is 30.7 Å². The topological polar surface area (TPSA) is 80.1 Å². The normalized spacial score (nSPS) is 13.7. The standard InChI is InChI=1S/C29H24Cl2F3N5O2/c30-14-18-5-4-6-19(11-18)28(41)37-25-16-35-26(38-9-2-1-3-10-38)13-22(25)27(40)20-15-36-39(17-20)21-7-8-24(31)23(12-21)29(32,33)34/h4-8,11-13,15-17H,1-3,9-10,14H2,(H,37,41). The zero-order valence-corrected chi connectivity index (χ0v) is 23.1. The number of nitrogens with one attached hydrogen (secondary N) is 1. The molecule has 5 rings (SSSR count). The quantitative estimate of drug-likeness (QED) is 0.180. The van der Waals surface area contributed by atoms with Crippen LogP contribution in [-0.2, 0) is 12.1 Å². The zero-order valence-electron chi connectivity index (χ0n) is 21.6. The summed E-state index contributed by atoms with van der Waals surface area (Å²) in [6, 6.07) is 11.8. The molecule has 0 bridgehead atoms. The molecule has 4 aromatic rings. The van der Waals surface area contributed by atoms with E-state index < -0.39 is 28.5 Å². The molecule has 1 amide bonds. The highest BCUT2D eigenvalue weighted by Gasteiger charge is 2.33. The Kier molecular flexibility index (Phi) is 8.32. The van der Waals surface area contributed by atoms with Crippen molar-refractivity contribution >= 4 is 46.4 Å². The van der Waals surface area contributed by atoms with Crippen molar-refractivity contribution in [2.75, 3.05) is 23.3 Å². The molecule has 12 heteroatoms. The molecule has 1 aliphatic rings. The summed E-state index contributed by atoms with van der Waals surface area (Å²) < 4.78 is 41.3. The van der Waals surface area contributed by atoms with Gasteiger partial charge in [-0.25, -0.2) is 9.67 Å². The minimum atomic E-state index is -4.66. The van der Waals surface area contributed by atoms with Gasteiger partial charge in [-0.05, 0) is 61.2 Å². The van der Waals surface area contributed by atoms with Gasteiger partial charge in [0.05, 0.1) is 45.5 Å². The number of ketones is 1. The highest BCUT2D eigenvalue weighted by molar-refractivity contribution is 6.31. The average molecular weight is 602 g/mol. The largest absolute Gasteiger partial charge is 0.417 e. The molecule has 0 spiro atoms. The number of carbonyl (C=O) groups excluding carboxylic acids is 2. The number of hydrogen-bond acceptors (Lipinski definition) is 5. The first-order chi connectivity index (χ1) is 19.6. The van der Waals surface area contributed by atoms with E-state index in [9.17, 15) is 22.8 Å². The molecule has 1 aliphatic heterocycles. The van der Waals surface area contributed by atoms with E-state index in [1.54, 1.807) is 30.3 Å². The van der Waals surface area contributed by atoms with Crippen LogP contribution >= 0.6 is 23.2 Å². The molecule has 0 radical (unpaired) electrons. The van der Waals surface area contributed by atoms with Crippen molar-refractivity contribution in [3.05, 3.63) is 100.0 Å². The lowest BCUT2D eigenvalue weighted by molar-refractivity contribution is -0.137. The number of anilines is 2. The number of halogens is 5. The Bertz CT molecular complexity index is 1600. The summed E-state index contributed by atoms with van der Waals surface area (Å²) in [4.78, 5) is 33.4. The number of rotatable bonds is 7. The fourth-order valence-corrected chi connectivity index (χ4v) is 5.02. The number of nitrogens with zero attached hydrogens (tertiary/aromatic N) is 4. The molecule has 3 heterocycles. The second-order valence-corrected chi connectivity index (χ2v) is 10.3. The van der Waals surface area contributed by atoms with Crippen LogP contribution in [0.25, 0.3) is 5.69 Å². The van der Waals surface area contributed by atoms with E-state index in [1.165, 1.54) is 29.3 Å². The summed E-state index contributed by atoms with van der Waals surface area (Å²) in [5.74, 6) is -0.101. The van der Waals surface area contributed by atoms with E-state index in [0.29, 0.717) is 11.4 Å². The van der Waals surface area contributed by atoms with E-state index in [0.717, 1.165) is 50.0 Å². The third-order valence-electron chi connectivity index (χ3n) is 6.77. The first-order valence-corrected chi connectivity index (χ1v) is 13.7. The molecule has 7 nitrogen and oxygen atoms in total. The number of carbonyl (C=O) groups is 2. The molecule has 0 aliphatic carbocycles. The predicted octanol–water partition coefficient (Wildman–Crippen LogP) is 7.15. The van der Waals surface area contributed by atoms with Gasteiger partial charge in [0.1, 0.15) is 5.82 Å². The summed E-state index contributed by atoms with van der Waals surface area (Å²) in [6.07, 6.45) is 2.49. The van der Waals surface area contributed by atoms with Gasteiger partial charge in [-0.1, -0.05) is 23.7 Å². The molecule has 0 saturated carbocycles. The molecule has 2 aromatic carbocycles. The first kappa shape index (κ1) is 28.6. The summed E-state index contributed by atoms with van der Waals surface area (Å²) in [6.45, 7) is 1.57. The maximum absolute atomic E-state index is 13.8.